The molecule has 1 saturated heterocycles. The third kappa shape index (κ3) is 5.68. The third-order valence-corrected chi connectivity index (χ3v) is 5.15. The second-order valence-corrected chi connectivity index (χ2v) is 7.78. The van der Waals surface area contributed by atoms with Gasteiger partial charge in [0.1, 0.15) is 0 Å². The van der Waals surface area contributed by atoms with E-state index in [0.717, 1.165) is 10.8 Å². The molecular formula is C13H26F2N4O2S. The van der Waals surface area contributed by atoms with Gasteiger partial charge >= 0.3 is 5.76 Å². The van der Waals surface area contributed by atoms with Crippen molar-refractivity contribution in [2.75, 3.05) is 33.2 Å². The van der Waals surface area contributed by atoms with Crippen LogP contribution in [-0.4, -0.2) is 57.7 Å². The Kier molecular flexibility index (Phi) is 7.47. The number of nitrogens with one attached hydrogen (secondary N) is 2. The lowest BCUT2D eigenvalue weighted by atomic mass is 9.98. The Morgan fingerprint density at radius 1 is 1.27 bits per heavy atom. The highest BCUT2D eigenvalue weighted by Gasteiger charge is 2.34. The normalized spacial score (nSPS) is 19.0. The largest absolute Gasteiger partial charge is 0.356 e. The number of hydrogen-bond acceptors (Lipinski definition) is 3. The molecule has 2 N–H and O–H groups in total. The maximum atomic E-state index is 12.5. The molecule has 0 saturated carbocycles. The molecule has 1 fully saturated rings. The van der Waals surface area contributed by atoms with Crippen molar-refractivity contribution in [3.63, 3.8) is 0 Å². The van der Waals surface area contributed by atoms with E-state index in [9.17, 15) is 17.2 Å². The van der Waals surface area contributed by atoms with Crippen molar-refractivity contribution in [1.29, 1.82) is 0 Å². The van der Waals surface area contributed by atoms with Gasteiger partial charge in [-0.3, -0.25) is 4.99 Å². The minimum Gasteiger partial charge on any atom is -0.356 e. The number of hydrogen-bond donors (Lipinski definition) is 2. The molecule has 22 heavy (non-hydrogen) atoms. The van der Waals surface area contributed by atoms with Crippen molar-refractivity contribution >= 4 is 16.0 Å². The Morgan fingerprint density at radius 2 is 1.86 bits per heavy atom. The number of alkyl halides is 2. The second-order valence-electron chi connectivity index (χ2n) is 5.88. The second kappa shape index (κ2) is 8.61. The number of nitrogens with zero attached hydrogens (tertiary/aromatic N) is 2. The highest BCUT2D eigenvalue weighted by molar-refractivity contribution is 7.89. The van der Waals surface area contributed by atoms with Crippen LogP contribution in [0.25, 0.3) is 0 Å². The number of piperidine rings is 1. The Labute approximate surface area is 131 Å². The topological polar surface area (TPSA) is 73.8 Å². The van der Waals surface area contributed by atoms with Crippen molar-refractivity contribution < 1.29 is 17.2 Å². The molecule has 0 aromatic carbocycles. The maximum Gasteiger partial charge on any atom is 0.350 e. The predicted molar refractivity (Wildman–Crippen MR) is 83.4 cm³/mol. The molecule has 0 radical (unpaired) electrons. The summed E-state index contributed by atoms with van der Waals surface area (Å²) >= 11 is 0. The van der Waals surface area contributed by atoms with Crippen molar-refractivity contribution in [2.24, 2.45) is 16.8 Å². The van der Waals surface area contributed by atoms with Gasteiger partial charge in [-0.15, -0.1) is 0 Å². The van der Waals surface area contributed by atoms with Gasteiger partial charge in [0.25, 0.3) is 10.0 Å². The Hall–Kier alpha value is -0.960. The van der Waals surface area contributed by atoms with Crippen LogP contribution in [0.15, 0.2) is 4.99 Å². The van der Waals surface area contributed by atoms with Gasteiger partial charge in [0.15, 0.2) is 5.96 Å². The maximum absolute atomic E-state index is 12.5. The summed E-state index contributed by atoms with van der Waals surface area (Å²) < 4.78 is 48.6. The van der Waals surface area contributed by atoms with Gasteiger partial charge in [-0.05, 0) is 24.7 Å². The molecule has 1 heterocycles. The Bertz CT molecular complexity index is 461. The van der Waals surface area contributed by atoms with Crippen molar-refractivity contribution in [3.05, 3.63) is 0 Å². The quantitative estimate of drug-likeness (QED) is 0.560. The fourth-order valence-corrected chi connectivity index (χ4v) is 3.19. The summed E-state index contributed by atoms with van der Waals surface area (Å²) in [4.78, 5) is 4.11. The molecule has 9 heteroatoms. The van der Waals surface area contributed by atoms with Crippen LogP contribution in [0.3, 0.4) is 0 Å². The highest BCUT2D eigenvalue weighted by atomic mass is 32.2. The van der Waals surface area contributed by atoms with Crippen LogP contribution in [0.4, 0.5) is 8.78 Å². The lowest BCUT2D eigenvalue weighted by molar-refractivity contribution is 0.204. The van der Waals surface area contributed by atoms with Gasteiger partial charge < -0.3 is 10.6 Å². The van der Waals surface area contributed by atoms with Crippen LogP contribution >= 0.6 is 0 Å². The molecule has 0 atom stereocenters. The number of rotatable bonds is 6. The van der Waals surface area contributed by atoms with Crippen LogP contribution in [0.5, 0.6) is 0 Å². The summed E-state index contributed by atoms with van der Waals surface area (Å²) in [7, 11) is -2.75. The van der Waals surface area contributed by atoms with Crippen molar-refractivity contribution in [1.82, 2.24) is 14.9 Å². The van der Waals surface area contributed by atoms with Crippen LogP contribution in [0, 0.1) is 11.8 Å². The minimum atomic E-state index is -4.43. The van der Waals surface area contributed by atoms with E-state index in [1.54, 1.807) is 7.05 Å². The van der Waals surface area contributed by atoms with E-state index in [1.165, 1.54) is 0 Å². The van der Waals surface area contributed by atoms with Gasteiger partial charge in [0, 0.05) is 33.2 Å². The fourth-order valence-electron chi connectivity index (χ4n) is 2.24. The zero-order chi connectivity index (χ0) is 16.8. The first kappa shape index (κ1) is 19.1. The molecule has 0 aliphatic carbocycles. The van der Waals surface area contributed by atoms with Gasteiger partial charge in [-0.2, -0.15) is 13.1 Å². The number of sulfonamides is 1. The smallest absolute Gasteiger partial charge is 0.350 e. The molecule has 1 aliphatic rings. The third-order valence-electron chi connectivity index (χ3n) is 3.62. The highest BCUT2D eigenvalue weighted by Crippen LogP contribution is 2.22. The molecule has 130 valence electrons. The van der Waals surface area contributed by atoms with Crippen molar-refractivity contribution in [3.8, 4) is 0 Å². The molecule has 0 aromatic heterocycles. The molecular weight excluding hydrogens is 314 g/mol. The molecule has 6 nitrogen and oxygen atoms in total. The van der Waals surface area contributed by atoms with Gasteiger partial charge in [-0.25, -0.2) is 8.42 Å². The molecule has 0 unspecified atom stereocenters. The van der Waals surface area contributed by atoms with E-state index < -0.39 is 15.8 Å². The molecule has 1 rings (SSSR count). The minimum absolute atomic E-state index is 0.150. The molecule has 0 spiro atoms. The summed E-state index contributed by atoms with van der Waals surface area (Å²) in [5.41, 5.74) is 0. The van der Waals surface area contributed by atoms with E-state index in [0.29, 0.717) is 31.3 Å². The zero-order valence-corrected chi connectivity index (χ0v) is 14.2. The molecule has 0 aromatic rings. The predicted octanol–water partition coefficient (Wildman–Crippen LogP) is 1.07. The summed E-state index contributed by atoms with van der Waals surface area (Å²) in [6.07, 6.45) is 1.14. The summed E-state index contributed by atoms with van der Waals surface area (Å²) in [5.74, 6) is -1.87. The Morgan fingerprint density at radius 3 is 2.32 bits per heavy atom. The lowest BCUT2D eigenvalue weighted by Gasteiger charge is -2.31. The SMILES string of the molecule is CN=C(NCC(C)C)NCC1CCN(S(=O)(=O)C(F)F)CC1. The van der Waals surface area contributed by atoms with Gasteiger partial charge in [-0.1, -0.05) is 13.8 Å². The first-order valence-electron chi connectivity index (χ1n) is 7.49. The number of aliphatic imine (C=N–C) groups is 1. The van der Waals surface area contributed by atoms with Crippen LogP contribution in [-0.2, 0) is 10.0 Å². The average molecular weight is 340 g/mol. The average Bonchev–Trinajstić information content (AvgIpc) is 2.47. The van der Waals surface area contributed by atoms with Crippen LogP contribution < -0.4 is 10.6 Å². The molecule has 0 bridgehead atoms. The summed E-state index contributed by atoms with van der Waals surface area (Å²) in [6, 6.07) is 0. The number of halogens is 2. The van der Waals surface area contributed by atoms with E-state index in [4.69, 9.17) is 0 Å². The van der Waals surface area contributed by atoms with Crippen LogP contribution in [0.1, 0.15) is 26.7 Å². The summed E-state index contributed by atoms with van der Waals surface area (Å²) in [6.45, 7) is 5.96. The van der Waals surface area contributed by atoms with Gasteiger partial charge in [0.2, 0.25) is 0 Å². The van der Waals surface area contributed by atoms with E-state index in [1.807, 2.05) is 0 Å². The molecule has 1 aliphatic heterocycles. The Balaban J connectivity index is 2.37. The lowest BCUT2D eigenvalue weighted by Crippen LogP contribution is -2.45. The van der Waals surface area contributed by atoms with Crippen molar-refractivity contribution in [2.45, 2.75) is 32.4 Å². The first-order chi connectivity index (χ1) is 10.3. The summed E-state index contributed by atoms with van der Waals surface area (Å²) in [5, 5.41) is 6.38. The molecule has 0 amide bonds. The van der Waals surface area contributed by atoms with E-state index in [2.05, 4.69) is 29.5 Å². The monoisotopic (exact) mass is 340 g/mol. The number of guanidine groups is 1. The first-order valence-corrected chi connectivity index (χ1v) is 8.99. The fraction of sp³-hybridized carbons (Fsp3) is 0.923. The van der Waals surface area contributed by atoms with E-state index >= 15 is 0 Å². The van der Waals surface area contributed by atoms with Gasteiger partial charge in [0.05, 0.1) is 0 Å². The van der Waals surface area contributed by atoms with E-state index in [-0.39, 0.29) is 19.0 Å². The zero-order valence-electron chi connectivity index (χ0n) is 13.3. The standard InChI is InChI=1S/C13H26F2N4O2S/c1-10(2)8-17-13(16-3)18-9-11-4-6-19(7-5-11)22(20,21)12(14)15/h10-12H,4-9H2,1-3H3,(H2,16,17,18). The van der Waals surface area contributed by atoms with Crippen LogP contribution in [0.2, 0.25) is 0 Å².